The third-order valence-electron chi connectivity index (χ3n) is 4.95. The van der Waals surface area contributed by atoms with Crippen molar-refractivity contribution < 1.29 is 4.74 Å². The highest BCUT2D eigenvalue weighted by Gasteiger charge is 2.10. The molecule has 0 saturated heterocycles. The minimum atomic E-state index is 0.806. The van der Waals surface area contributed by atoms with Gasteiger partial charge in [0.2, 0.25) is 0 Å². The molecule has 0 aliphatic carbocycles. The Bertz CT molecular complexity index is 724. The summed E-state index contributed by atoms with van der Waals surface area (Å²) in [4.78, 5) is 11.5. The molecule has 0 unspecified atom stereocenters. The van der Waals surface area contributed by atoms with Crippen LogP contribution >= 0.6 is 0 Å². The average molecular weight is 354 g/mol. The minimum absolute atomic E-state index is 0.806. The van der Waals surface area contributed by atoms with E-state index in [4.69, 9.17) is 4.74 Å². The number of H-pyrrole nitrogens is 2. The second kappa shape index (κ2) is 10.0. The van der Waals surface area contributed by atoms with Crippen LogP contribution in [0.2, 0.25) is 0 Å². The molecule has 4 nitrogen and oxygen atoms in total. The molecular formula is C22H31N3O. The number of nitrogens with one attached hydrogen (secondary N) is 2. The zero-order chi connectivity index (χ0) is 18.0. The zero-order valence-electron chi connectivity index (χ0n) is 15.9. The Labute approximate surface area is 156 Å². The van der Waals surface area contributed by atoms with Crippen LogP contribution in [0.15, 0.2) is 35.3 Å². The Hall–Kier alpha value is -2.23. The second-order valence-corrected chi connectivity index (χ2v) is 7.02. The number of nitrogens with zero attached hydrogens (tertiary/aromatic N) is 1. The van der Waals surface area contributed by atoms with Gasteiger partial charge >= 0.3 is 0 Å². The van der Waals surface area contributed by atoms with Gasteiger partial charge < -0.3 is 14.7 Å². The summed E-state index contributed by atoms with van der Waals surface area (Å²) >= 11 is 0. The summed E-state index contributed by atoms with van der Waals surface area (Å²) in [7, 11) is 1.70. The molecule has 0 spiro atoms. The summed E-state index contributed by atoms with van der Waals surface area (Å²) in [6.07, 6.45) is 17.7. The summed E-state index contributed by atoms with van der Waals surface area (Å²) in [6, 6.07) is 6.39. The maximum absolute atomic E-state index is 5.50. The van der Waals surface area contributed by atoms with E-state index in [9.17, 15) is 0 Å². The van der Waals surface area contributed by atoms with Crippen molar-refractivity contribution in [1.82, 2.24) is 9.97 Å². The normalized spacial score (nSPS) is 17.1. The van der Waals surface area contributed by atoms with Crippen molar-refractivity contribution in [2.45, 2.75) is 57.8 Å². The van der Waals surface area contributed by atoms with Crippen LogP contribution in [0.3, 0.4) is 0 Å². The maximum Gasteiger partial charge on any atom is 0.146 e. The molecular weight excluding hydrogens is 322 g/mol. The fraction of sp³-hybridized carbons (Fsp3) is 0.500. The third kappa shape index (κ3) is 5.38. The van der Waals surface area contributed by atoms with Crippen LogP contribution in [0.25, 0.3) is 11.4 Å². The first-order valence-corrected chi connectivity index (χ1v) is 9.97. The number of aryl methyl sites for hydroxylation is 1. The van der Waals surface area contributed by atoms with Crippen LogP contribution in [-0.2, 0) is 6.42 Å². The lowest BCUT2D eigenvalue weighted by molar-refractivity contribution is 0.415. The topological polar surface area (TPSA) is 53.2 Å². The van der Waals surface area contributed by atoms with Crippen LogP contribution in [0.1, 0.15) is 62.8 Å². The van der Waals surface area contributed by atoms with Gasteiger partial charge in [-0.2, -0.15) is 0 Å². The molecule has 2 aromatic rings. The number of aromatic nitrogens is 2. The van der Waals surface area contributed by atoms with Crippen molar-refractivity contribution in [1.29, 1.82) is 0 Å². The van der Waals surface area contributed by atoms with Gasteiger partial charge in [0.05, 0.1) is 24.2 Å². The van der Waals surface area contributed by atoms with Gasteiger partial charge in [0.15, 0.2) is 0 Å². The lowest BCUT2D eigenvalue weighted by atomic mass is 10.1. The summed E-state index contributed by atoms with van der Waals surface area (Å²) in [6.45, 7) is 0.806. The van der Waals surface area contributed by atoms with E-state index in [2.05, 4.69) is 39.2 Å². The van der Waals surface area contributed by atoms with Gasteiger partial charge in [-0.05, 0) is 44.2 Å². The summed E-state index contributed by atoms with van der Waals surface area (Å²) in [5, 5.41) is 0. The summed E-state index contributed by atoms with van der Waals surface area (Å²) < 4.78 is 5.50. The fourth-order valence-electron chi connectivity index (χ4n) is 3.43. The van der Waals surface area contributed by atoms with Crippen molar-refractivity contribution in [3.63, 3.8) is 0 Å². The number of rotatable bonds is 1. The number of aromatic amines is 2. The van der Waals surface area contributed by atoms with Gasteiger partial charge in [-0.3, -0.25) is 4.99 Å². The average Bonchev–Trinajstić information content (AvgIpc) is 3.28. The molecule has 26 heavy (non-hydrogen) atoms. The summed E-state index contributed by atoms with van der Waals surface area (Å²) in [5.41, 5.74) is 4.39. The number of ether oxygens (including phenoxy) is 1. The molecule has 0 saturated carbocycles. The lowest BCUT2D eigenvalue weighted by Crippen LogP contribution is -1.90. The molecule has 0 radical (unpaired) electrons. The Morgan fingerprint density at radius 2 is 1.69 bits per heavy atom. The van der Waals surface area contributed by atoms with Gasteiger partial charge in [0.1, 0.15) is 5.75 Å². The SMILES string of the molecule is COc1cc2[nH]c1C=NCCC=CCCCCCCCCc1ccc-2[nH]1. The van der Waals surface area contributed by atoms with Crippen LogP contribution in [-0.4, -0.2) is 29.8 Å². The molecule has 0 amide bonds. The van der Waals surface area contributed by atoms with Gasteiger partial charge in [-0.15, -0.1) is 0 Å². The number of fused-ring (bicyclic) bond motifs is 5. The quantitative estimate of drug-likeness (QED) is 0.638. The molecule has 0 atom stereocenters. The smallest absolute Gasteiger partial charge is 0.146 e. The first-order valence-electron chi connectivity index (χ1n) is 9.97. The Balaban J connectivity index is 1.73. The predicted octanol–water partition coefficient (Wildman–Crippen LogP) is 5.67. The first kappa shape index (κ1) is 18.6. The van der Waals surface area contributed by atoms with E-state index in [-0.39, 0.29) is 0 Å². The van der Waals surface area contributed by atoms with E-state index in [1.807, 2.05) is 12.3 Å². The summed E-state index contributed by atoms with van der Waals surface area (Å²) in [5.74, 6) is 0.835. The Kier molecular flexibility index (Phi) is 7.17. The third-order valence-corrected chi connectivity index (χ3v) is 4.95. The highest BCUT2D eigenvalue weighted by Crippen LogP contribution is 2.26. The number of hydrogen-bond acceptors (Lipinski definition) is 2. The van der Waals surface area contributed by atoms with Gasteiger partial charge in [0, 0.05) is 24.5 Å². The standard InChI is InChI=1S/C22H31N3O/c1-26-22-16-20-19-14-13-18(24-19)12-10-8-6-4-2-3-5-7-9-11-15-23-17-21(22)25-20/h7,9,13-14,16-17,24-25H,2-6,8,10-12,15H2,1H3. The largest absolute Gasteiger partial charge is 0.494 e. The second-order valence-electron chi connectivity index (χ2n) is 7.02. The van der Waals surface area contributed by atoms with Gasteiger partial charge in [-0.25, -0.2) is 0 Å². The molecule has 2 aromatic heterocycles. The number of methoxy groups -OCH3 is 1. The molecule has 2 N–H and O–H groups in total. The fourth-order valence-corrected chi connectivity index (χ4v) is 3.43. The van der Waals surface area contributed by atoms with Crippen molar-refractivity contribution in [2.75, 3.05) is 13.7 Å². The monoisotopic (exact) mass is 353 g/mol. The Morgan fingerprint density at radius 1 is 0.885 bits per heavy atom. The highest BCUT2D eigenvalue weighted by atomic mass is 16.5. The van der Waals surface area contributed by atoms with Crippen LogP contribution < -0.4 is 4.74 Å². The molecule has 1 aliphatic rings. The van der Waals surface area contributed by atoms with Crippen molar-refractivity contribution in [3.8, 4) is 17.1 Å². The molecule has 0 aromatic carbocycles. The van der Waals surface area contributed by atoms with E-state index in [1.165, 1.54) is 50.6 Å². The van der Waals surface area contributed by atoms with Crippen LogP contribution in [0.5, 0.6) is 5.75 Å². The van der Waals surface area contributed by atoms with E-state index in [0.29, 0.717) is 0 Å². The van der Waals surface area contributed by atoms with Crippen LogP contribution in [0, 0.1) is 0 Å². The van der Waals surface area contributed by atoms with Crippen LogP contribution in [0.4, 0.5) is 0 Å². The van der Waals surface area contributed by atoms with E-state index in [1.54, 1.807) is 7.11 Å². The molecule has 4 bridgehead atoms. The molecule has 0 fully saturated rings. The van der Waals surface area contributed by atoms with Crippen molar-refractivity contribution >= 4 is 6.21 Å². The lowest BCUT2D eigenvalue weighted by Gasteiger charge is -2.01. The first-order chi connectivity index (χ1) is 12.9. The zero-order valence-corrected chi connectivity index (χ0v) is 15.9. The van der Waals surface area contributed by atoms with Gasteiger partial charge in [-0.1, -0.05) is 37.8 Å². The number of aliphatic imine (C=N–C) groups is 1. The molecule has 4 heteroatoms. The van der Waals surface area contributed by atoms with E-state index < -0.39 is 0 Å². The molecule has 3 rings (SSSR count). The molecule has 3 heterocycles. The molecule has 1 aliphatic heterocycles. The predicted molar refractivity (Wildman–Crippen MR) is 109 cm³/mol. The van der Waals surface area contributed by atoms with Crippen molar-refractivity contribution in [2.24, 2.45) is 4.99 Å². The molecule has 140 valence electrons. The van der Waals surface area contributed by atoms with Gasteiger partial charge in [0.25, 0.3) is 0 Å². The van der Waals surface area contributed by atoms with E-state index in [0.717, 1.165) is 42.2 Å². The highest BCUT2D eigenvalue weighted by molar-refractivity contribution is 5.83. The number of allylic oxidation sites excluding steroid dienone is 1. The van der Waals surface area contributed by atoms with E-state index >= 15 is 0 Å². The number of hydrogen-bond donors (Lipinski definition) is 2. The minimum Gasteiger partial charge on any atom is -0.494 e. The maximum atomic E-state index is 5.50. The van der Waals surface area contributed by atoms with Crippen molar-refractivity contribution in [3.05, 3.63) is 41.7 Å². The Morgan fingerprint density at radius 3 is 2.58 bits per heavy atom.